The Labute approximate surface area is 185 Å². The van der Waals surface area contributed by atoms with Gasteiger partial charge in [-0.25, -0.2) is 0 Å². The van der Waals surface area contributed by atoms with Gasteiger partial charge in [-0.1, -0.05) is 25.0 Å². The monoisotopic (exact) mass is 451 g/mol. The number of benzene rings is 1. The van der Waals surface area contributed by atoms with Crippen LogP contribution >= 0.6 is 0 Å². The summed E-state index contributed by atoms with van der Waals surface area (Å²) in [6.45, 7) is 1.96. The molecule has 0 bridgehead atoms. The van der Waals surface area contributed by atoms with Crippen LogP contribution in [0.3, 0.4) is 0 Å². The Morgan fingerprint density at radius 3 is 2.59 bits per heavy atom. The molecule has 0 saturated carbocycles. The van der Waals surface area contributed by atoms with Gasteiger partial charge in [-0.3, -0.25) is 9.78 Å². The molecule has 8 heteroatoms. The van der Waals surface area contributed by atoms with Crippen LogP contribution in [0.25, 0.3) is 0 Å². The summed E-state index contributed by atoms with van der Waals surface area (Å²) in [6, 6.07) is 8.94. The lowest BCUT2D eigenvalue weighted by Crippen LogP contribution is -2.17. The molecule has 0 unspecified atom stereocenters. The molecule has 2 aromatic rings. The van der Waals surface area contributed by atoms with Crippen LogP contribution in [0, 0.1) is 5.92 Å². The zero-order valence-corrected chi connectivity index (χ0v) is 17.9. The molecule has 0 atom stereocenters. The summed E-state index contributed by atoms with van der Waals surface area (Å²) >= 11 is 0. The zero-order chi connectivity index (χ0) is 22.8. The van der Waals surface area contributed by atoms with E-state index in [0.29, 0.717) is 18.5 Å². The molecule has 0 spiro atoms. The number of aromatic nitrogens is 1. The van der Waals surface area contributed by atoms with Gasteiger partial charge in [0.25, 0.3) is 0 Å². The van der Waals surface area contributed by atoms with E-state index in [0.717, 1.165) is 56.8 Å². The summed E-state index contributed by atoms with van der Waals surface area (Å²) in [5.41, 5.74) is 1.33. The second-order valence-corrected chi connectivity index (χ2v) is 7.90. The minimum absolute atomic E-state index is 0.0428. The van der Waals surface area contributed by atoms with E-state index in [1.54, 1.807) is 18.3 Å². The molecule has 3 rings (SSSR count). The first-order chi connectivity index (χ1) is 15.4. The minimum atomic E-state index is -4.74. The van der Waals surface area contributed by atoms with E-state index in [-0.39, 0.29) is 23.9 Å². The van der Waals surface area contributed by atoms with Crippen molar-refractivity contribution in [1.29, 1.82) is 0 Å². The highest BCUT2D eigenvalue weighted by Crippen LogP contribution is 2.26. The largest absolute Gasteiger partial charge is 0.573 e. The van der Waals surface area contributed by atoms with Gasteiger partial charge < -0.3 is 14.2 Å². The quantitative estimate of drug-likeness (QED) is 0.321. The number of unbranched alkanes of at least 4 members (excludes halogenated alkanes) is 1. The zero-order valence-electron chi connectivity index (χ0n) is 17.9. The number of alkyl halides is 3. The number of Topliss-reactive ketones (excluding diaryl/α,β-unsaturated/α-hetero) is 1. The average Bonchev–Trinajstić information content (AvgIpc) is 2.77. The summed E-state index contributed by atoms with van der Waals surface area (Å²) < 4.78 is 51.7. The Morgan fingerprint density at radius 2 is 1.88 bits per heavy atom. The lowest BCUT2D eigenvalue weighted by Gasteiger charge is -2.21. The molecule has 0 N–H and O–H groups in total. The summed E-state index contributed by atoms with van der Waals surface area (Å²) in [7, 11) is 0. The van der Waals surface area contributed by atoms with Crippen LogP contribution in [0.15, 0.2) is 42.6 Å². The van der Waals surface area contributed by atoms with Crippen molar-refractivity contribution >= 4 is 5.78 Å². The van der Waals surface area contributed by atoms with Crippen LogP contribution in [0.1, 0.15) is 54.6 Å². The third kappa shape index (κ3) is 8.49. The van der Waals surface area contributed by atoms with Gasteiger partial charge in [-0.2, -0.15) is 0 Å². The molecule has 2 heterocycles. The summed E-state index contributed by atoms with van der Waals surface area (Å²) in [5, 5.41) is 0. The van der Waals surface area contributed by atoms with E-state index in [9.17, 15) is 18.0 Å². The standard InChI is InChI=1S/C24H28F3NO4/c25-24(26,27)32-21-6-3-5-20(16-21)31-15-12-19-8-9-22(28-17-19)23(29)7-2-1-4-18-10-13-30-14-11-18/h3,5-6,8-9,16-18H,1-2,4,7,10-15H2. The lowest BCUT2D eigenvalue weighted by atomic mass is 9.93. The number of ketones is 1. The van der Waals surface area contributed by atoms with Gasteiger partial charge in [-0.05, 0) is 48.9 Å². The Balaban J connectivity index is 1.37. The minimum Gasteiger partial charge on any atom is -0.493 e. The molecule has 1 aromatic carbocycles. The number of hydrogen-bond donors (Lipinski definition) is 0. The van der Waals surface area contributed by atoms with E-state index >= 15 is 0 Å². The molecule has 1 aromatic heterocycles. The maximum Gasteiger partial charge on any atom is 0.573 e. The third-order valence-corrected chi connectivity index (χ3v) is 5.42. The highest BCUT2D eigenvalue weighted by molar-refractivity contribution is 5.94. The highest BCUT2D eigenvalue weighted by atomic mass is 19.4. The first-order valence-electron chi connectivity index (χ1n) is 10.9. The van der Waals surface area contributed by atoms with Gasteiger partial charge in [0.05, 0.1) is 6.61 Å². The second kappa shape index (κ2) is 11.9. The lowest BCUT2D eigenvalue weighted by molar-refractivity contribution is -0.274. The molecule has 1 saturated heterocycles. The molecule has 1 aliphatic rings. The van der Waals surface area contributed by atoms with Crippen molar-refractivity contribution in [2.24, 2.45) is 5.92 Å². The van der Waals surface area contributed by atoms with Crippen LogP contribution in [0.5, 0.6) is 11.5 Å². The Hall–Kier alpha value is -2.61. The number of ether oxygens (including phenoxy) is 3. The topological polar surface area (TPSA) is 57.7 Å². The molecule has 32 heavy (non-hydrogen) atoms. The summed E-state index contributed by atoms with van der Waals surface area (Å²) in [5.74, 6) is 0.721. The van der Waals surface area contributed by atoms with Gasteiger partial charge in [0.1, 0.15) is 17.2 Å². The van der Waals surface area contributed by atoms with Crippen LogP contribution in [0.2, 0.25) is 0 Å². The molecule has 5 nitrogen and oxygen atoms in total. The normalized spacial score (nSPS) is 14.8. The molecule has 0 radical (unpaired) electrons. The third-order valence-electron chi connectivity index (χ3n) is 5.42. The number of pyridine rings is 1. The predicted molar refractivity (Wildman–Crippen MR) is 113 cm³/mol. The van der Waals surface area contributed by atoms with Gasteiger partial charge in [0.15, 0.2) is 5.78 Å². The first-order valence-corrected chi connectivity index (χ1v) is 10.9. The SMILES string of the molecule is O=C(CCCCC1CCOCC1)c1ccc(CCOc2cccc(OC(F)(F)F)c2)cn1. The van der Waals surface area contributed by atoms with Gasteiger partial charge >= 0.3 is 6.36 Å². The predicted octanol–water partition coefficient (Wildman–Crippen LogP) is 5.77. The molecule has 1 aliphatic heterocycles. The van der Waals surface area contributed by atoms with E-state index in [1.807, 2.05) is 6.07 Å². The van der Waals surface area contributed by atoms with Crippen molar-refractivity contribution < 1.29 is 32.2 Å². The second-order valence-electron chi connectivity index (χ2n) is 7.90. The number of halogens is 3. The van der Waals surface area contributed by atoms with Crippen LogP contribution < -0.4 is 9.47 Å². The number of carbonyl (C=O) groups is 1. The fourth-order valence-electron chi connectivity index (χ4n) is 3.67. The molecule has 174 valence electrons. The number of carbonyl (C=O) groups excluding carboxylic acids is 1. The van der Waals surface area contributed by atoms with Gasteiger partial charge in [0.2, 0.25) is 0 Å². The van der Waals surface area contributed by atoms with Crippen LogP contribution in [0.4, 0.5) is 13.2 Å². The van der Waals surface area contributed by atoms with Crippen molar-refractivity contribution in [3.05, 3.63) is 53.9 Å². The highest BCUT2D eigenvalue weighted by Gasteiger charge is 2.31. The maximum absolute atomic E-state index is 12.3. The number of nitrogens with zero attached hydrogens (tertiary/aromatic N) is 1. The van der Waals surface area contributed by atoms with E-state index in [2.05, 4.69) is 9.72 Å². The van der Waals surface area contributed by atoms with Crippen molar-refractivity contribution in [1.82, 2.24) is 4.98 Å². The fraction of sp³-hybridized carbons (Fsp3) is 0.500. The molecular weight excluding hydrogens is 423 g/mol. The average molecular weight is 451 g/mol. The van der Waals surface area contributed by atoms with Crippen LogP contribution in [-0.4, -0.2) is 37.0 Å². The Kier molecular flexibility index (Phi) is 8.90. The number of hydrogen-bond acceptors (Lipinski definition) is 5. The van der Waals surface area contributed by atoms with E-state index < -0.39 is 6.36 Å². The summed E-state index contributed by atoms with van der Waals surface area (Å²) in [6.07, 6.45) is 3.20. The molecule has 0 aliphatic carbocycles. The van der Waals surface area contributed by atoms with Crippen LogP contribution in [-0.2, 0) is 11.2 Å². The van der Waals surface area contributed by atoms with E-state index in [4.69, 9.17) is 9.47 Å². The smallest absolute Gasteiger partial charge is 0.493 e. The van der Waals surface area contributed by atoms with Crippen molar-refractivity contribution in [3.8, 4) is 11.5 Å². The van der Waals surface area contributed by atoms with Crippen molar-refractivity contribution in [3.63, 3.8) is 0 Å². The van der Waals surface area contributed by atoms with Gasteiger partial charge in [0, 0.05) is 38.3 Å². The van der Waals surface area contributed by atoms with Gasteiger partial charge in [-0.15, -0.1) is 13.2 Å². The Bertz CT molecular complexity index is 849. The Morgan fingerprint density at radius 1 is 1.09 bits per heavy atom. The molecular formula is C24H28F3NO4. The summed E-state index contributed by atoms with van der Waals surface area (Å²) in [4.78, 5) is 16.6. The fourth-order valence-corrected chi connectivity index (χ4v) is 3.67. The van der Waals surface area contributed by atoms with E-state index in [1.165, 1.54) is 18.2 Å². The number of rotatable bonds is 11. The molecule has 0 amide bonds. The van der Waals surface area contributed by atoms with Crippen molar-refractivity contribution in [2.45, 2.75) is 51.3 Å². The molecule has 1 fully saturated rings. The maximum atomic E-state index is 12.3. The van der Waals surface area contributed by atoms with Crippen molar-refractivity contribution in [2.75, 3.05) is 19.8 Å². The first kappa shape index (κ1) is 24.0.